The Labute approximate surface area is 84.3 Å². The van der Waals surface area contributed by atoms with Crippen molar-refractivity contribution in [1.29, 1.82) is 0 Å². The van der Waals surface area contributed by atoms with Crippen molar-refractivity contribution in [1.82, 2.24) is 5.43 Å². The van der Waals surface area contributed by atoms with E-state index < -0.39 is 0 Å². The van der Waals surface area contributed by atoms with Crippen LogP contribution in [-0.4, -0.2) is 17.5 Å². The van der Waals surface area contributed by atoms with Gasteiger partial charge in [0.2, 0.25) is 0 Å². The van der Waals surface area contributed by atoms with Crippen molar-refractivity contribution < 1.29 is 4.79 Å². The third-order valence-corrected chi connectivity index (χ3v) is 3.06. The van der Waals surface area contributed by atoms with Crippen LogP contribution in [0.4, 0.5) is 0 Å². The van der Waals surface area contributed by atoms with Gasteiger partial charge in [0, 0.05) is 6.42 Å². The normalized spacial score (nSPS) is 34.4. The van der Waals surface area contributed by atoms with E-state index in [0.717, 1.165) is 12.1 Å². The maximum atomic E-state index is 11.9. The lowest BCUT2D eigenvalue weighted by Gasteiger charge is -2.35. The third kappa shape index (κ3) is 1.37. The molecule has 1 fully saturated rings. The number of Topliss-reactive ketones (excluding diaryl/α,β-unsaturated/α-hetero) is 1. The van der Waals surface area contributed by atoms with Crippen molar-refractivity contribution in [3.05, 3.63) is 12.7 Å². The number of carbonyl (C=O) groups excluding carboxylic acids is 1. The summed E-state index contributed by atoms with van der Waals surface area (Å²) in [6.45, 7) is 7.95. The van der Waals surface area contributed by atoms with Crippen molar-refractivity contribution in [3.63, 3.8) is 0 Å². The van der Waals surface area contributed by atoms with E-state index in [1.54, 1.807) is 6.08 Å². The van der Waals surface area contributed by atoms with E-state index in [0.29, 0.717) is 12.2 Å². The lowest BCUT2D eigenvalue weighted by molar-refractivity contribution is -0.126. The van der Waals surface area contributed by atoms with Crippen LogP contribution in [0.3, 0.4) is 0 Å². The van der Waals surface area contributed by atoms with Gasteiger partial charge < -0.3 is 5.43 Å². The van der Waals surface area contributed by atoms with Gasteiger partial charge in [0.1, 0.15) is 5.78 Å². The molecular weight excluding hydrogens is 176 g/mol. The highest BCUT2D eigenvalue weighted by atomic mass is 16.1. The fraction of sp³-hybridized carbons (Fsp3) is 0.636. The van der Waals surface area contributed by atoms with E-state index in [1.807, 2.05) is 0 Å². The van der Waals surface area contributed by atoms with Crippen molar-refractivity contribution in [2.45, 2.75) is 32.7 Å². The van der Waals surface area contributed by atoms with Crippen LogP contribution in [0.5, 0.6) is 0 Å². The zero-order valence-corrected chi connectivity index (χ0v) is 8.71. The number of nitrogens with one attached hydrogen (secondary N) is 1. The Morgan fingerprint density at radius 3 is 3.00 bits per heavy atom. The lowest BCUT2D eigenvalue weighted by Crippen LogP contribution is -2.45. The molecule has 0 aromatic carbocycles. The Bertz CT molecular complexity index is 317. The number of nitrogens with zero attached hydrogens (tertiary/aromatic N) is 1. The number of allylic oxidation sites excluding steroid dienone is 1. The van der Waals surface area contributed by atoms with Gasteiger partial charge in [0.05, 0.1) is 17.7 Å². The second-order valence-corrected chi connectivity index (χ2v) is 4.97. The Morgan fingerprint density at radius 1 is 1.64 bits per heavy atom. The Morgan fingerprint density at radius 2 is 2.36 bits per heavy atom. The molecule has 1 aliphatic carbocycles. The van der Waals surface area contributed by atoms with Crippen molar-refractivity contribution in [3.8, 4) is 0 Å². The quantitative estimate of drug-likeness (QED) is 0.684. The summed E-state index contributed by atoms with van der Waals surface area (Å²) in [6, 6.07) is 0.194. The predicted molar refractivity (Wildman–Crippen MR) is 56.1 cm³/mol. The first-order chi connectivity index (χ1) is 6.53. The Kier molecular flexibility index (Phi) is 1.98. The highest BCUT2D eigenvalue weighted by molar-refractivity contribution is 6.12. The van der Waals surface area contributed by atoms with E-state index >= 15 is 0 Å². The predicted octanol–water partition coefficient (Wildman–Crippen LogP) is 1.51. The fourth-order valence-corrected chi connectivity index (χ4v) is 2.48. The average Bonchev–Trinajstić information content (AvgIpc) is 2.44. The van der Waals surface area contributed by atoms with Crippen LogP contribution in [0.2, 0.25) is 0 Å². The van der Waals surface area contributed by atoms with Crippen molar-refractivity contribution >= 4 is 11.5 Å². The molecular formula is C11H16N2O. The van der Waals surface area contributed by atoms with Gasteiger partial charge in [-0.05, 0) is 17.9 Å². The lowest BCUT2D eigenvalue weighted by atomic mass is 9.69. The molecule has 0 radical (unpaired) electrons. The smallest absolute Gasteiger partial charge is 0.144 e. The minimum atomic E-state index is -0.0412. The molecule has 1 aliphatic heterocycles. The van der Waals surface area contributed by atoms with Gasteiger partial charge in [0.25, 0.3) is 0 Å². The van der Waals surface area contributed by atoms with Crippen LogP contribution in [0.15, 0.2) is 17.8 Å². The molecule has 0 unspecified atom stereocenters. The third-order valence-electron chi connectivity index (χ3n) is 3.06. The first kappa shape index (κ1) is 9.44. The summed E-state index contributed by atoms with van der Waals surface area (Å²) in [5.41, 5.74) is 3.97. The number of hydrogen-bond donors (Lipinski definition) is 1. The van der Waals surface area contributed by atoms with Crippen LogP contribution in [0.1, 0.15) is 26.7 Å². The topological polar surface area (TPSA) is 41.5 Å². The summed E-state index contributed by atoms with van der Waals surface area (Å²) in [5.74, 6) is 0.260. The van der Waals surface area contributed by atoms with Crippen molar-refractivity contribution in [2.75, 3.05) is 0 Å². The van der Waals surface area contributed by atoms with Gasteiger partial charge in [-0.1, -0.05) is 20.4 Å². The minimum Gasteiger partial charge on any atom is -0.306 e. The molecule has 0 spiro atoms. The van der Waals surface area contributed by atoms with Gasteiger partial charge in [-0.2, -0.15) is 5.10 Å². The second-order valence-electron chi connectivity index (χ2n) is 4.97. The van der Waals surface area contributed by atoms with Gasteiger partial charge in [0.15, 0.2) is 0 Å². The summed E-state index contributed by atoms with van der Waals surface area (Å²) in [5, 5.41) is 4.14. The van der Waals surface area contributed by atoms with Crippen LogP contribution in [-0.2, 0) is 4.79 Å². The summed E-state index contributed by atoms with van der Waals surface area (Å²) in [6.07, 6.45) is 3.35. The number of carbonyl (C=O) groups is 1. The zero-order chi connectivity index (χ0) is 10.3. The van der Waals surface area contributed by atoms with Crippen LogP contribution in [0, 0.1) is 11.3 Å². The van der Waals surface area contributed by atoms with E-state index in [-0.39, 0.29) is 17.4 Å². The van der Waals surface area contributed by atoms with Gasteiger partial charge in [-0.15, -0.1) is 0 Å². The summed E-state index contributed by atoms with van der Waals surface area (Å²) in [7, 11) is 0. The summed E-state index contributed by atoms with van der Waals surface area (Å²) >= 11 is 0. The molecule has 3 nitrogen and oxygen atoms in total. The monoisotopic (exact) mass is 192 g/mol. The van der Waals surface area contributed by atoms with Crippen LogP contribution < -0.4 is 5.43 Å². The van der Waals surface area contributed by atoms with Crippen LogP contribution in [0.25, 0.3) is 0 Å². The Hall–Kier alpha value is -1.12. The molecule has 0 aromatic rings. The minimum absolute atomic E-state index is 0.0412. The Balaban J connectivity index is 2.24. The average molecular weight is 192 g/mol. The molecule has 2 rings (SSSR count). The highest BCUT2D eigenvalue weighted by Crippen LogP contribution is 2.38. The molecule has 1 saturated carbocycles. The molecule has 1 N–H and O–H groups in total. The van der Waals surface area contributed by atoms with E-state index in [4.69, 9.17) is 0 Å². The number of ketones is 1. The summed E-state index contributed by atoms with van der Waals surface area (Å²) in [4.78, 5) is 11.9. The maximum absolute atomic E-state index is 11.9. The van der Waals surface area contributed by atoms with Gasteiger partial charge in [-0.25, -0.2) is 0 Å². The molecule has 76 valence electrons. The molecule has 0 aromatic heterocycles. The molecule has 2 atom stereocenters. The van der Waals surface area contributed by atoms with Crippen molar-refractivity contribution in [2.24, 2.45) is 16.4 Å². The van der Waals surface area contributed by atoms with Gasteiger partial charge in [-0.3, -0.25) is 4.79 Å². The SMILES string of the molecule is C=CC1=NN[C@@H]2CC(C)(C)CC(=O)[C@H]12. The second kappa shape index (κ2) is 2.94. The molecule has 1 heterocycles. The molecule has 2 aliphatic rings. The molecule has 14 heavy (non-hydrogen) atoms. The first-order valence-corrected chi connectivity index (χ1v) is 5.02. The molecule has 0 bridgehead atoms. The van der Waals surface area contributed by atoms with E-state index in [2.05, 4.69) is 31.0 Å². The number of hydrazone groups is 1. The fourth-order valence-electron chi connectivity index (χ4n) is 2.48. The largest absolute Gasteiger partial charge is 0.306 e. The van der Waals surface area contributed by atoms with E-state index in [1.165, 1.54) is 0 Å². The first-order valence-electron chi connectivity index (χ1n) is 5.02. The molecule has 3 heteroatoms. The molecule has 0 amide bonds. The zero-order valence-electron chi connectivity index (χ0n) is 8.71. The van der Waals surface area contributed by atoms with Gasteiger partial charge >= 0.3 is 0 Å². The number of rotatable bonds is 1. The van der Waals surface area contributed by atoms with E-state index in [9.17, 15) is 4.79 Å². The summed E-state index contributed by atoms with van der Waals surface area (Å²) < 4.78 is 0. The van der Waals surface area contributed by atoms with Crippen LogP contribution >= 0.6 is 0 Å². The highest BCUT2D eigenvalue weighted by Gasteiger charge is 2.44. The maximum Gasteiger partial charge on any atom is 0.144 e. The number of hydrogen-bond acceptors (Lipinski definition) is 3. The standard InChI is InChI=1S/C11H16N2O/c1-4-7-10-8(13-12-7)5-11(2,3)6-9(10)14/h4,8,10,13H,1,5-6H2,2-3H3/t8-,10-/m1/s1. The molecule has 0 saturated heterocycles. The number of fused-ring (bicyclic) bond motifs is 1.